The molecule has 2 aromatic rings. The molecule has 0 saturated carbocycles. The molecule has 0 bridgehead atoms. The van der Waals surface area contributed by atoms with Crippen molar-refractivity contribution in [2.45, 2.75) is 38.2 Å². The fourth-order valence-electron chi connectivity index (χ4n) is 4.75. The van der Waals surface area contributed by atoms with E-state index in [4.69, 9.17) is 14.2 Å². The van der Waals surface area contributed by atoms with Gasteiger partial charge in [-0.15, -0.1) is 0 Å². The highest BCUT2D eigenvalue weighted by molar-refractivity contribution is 7.99. The number of hydrogen-bond donors (Lipinski definition) is 0. The van der Waals surface area contributed by atoms with Crippen LogP contribution in [0.25, 0.3) is 0 Å². The molecule has 1 aromatic heterocycles. The van der Waals surface area contributed by atoms with Crippen LogP contribution in [-0.4, -0.2) is 74.3 Å². The first kappa shape index (κ1) is 25.6. The predicted molar refractivity (Wildman–Crippen MR) is 141 cm³/mol. The number of methoxy groups -OCH3 is 2. The van der Waals surface area contributed by atoms with Gasteiger partial charge < -0.3 is 19.1 Å². The summed E-state index contributed by atoms with van der Waals surface area (Å²) in [5, 5.41) is 0. The third-order valence-electron chi connectivity index (χ3n) is 6.75. The Kier molecular flexibility index (Phi) is 9.54. The van der Waals surface area contributed by atoms with Crippen molar-refractivity contribution in [1.29, 1.82) is 0 Å². The molecule has 8 heteroatoms. The van der Waals surface area contributed by atoms with E-state index < -0.39 is 0 Å². The molecule has 1 atom stereocenters. The van der Waals surface area contributed by atoms with Crippen molar-refractivity contribution < 1.29 is 19.0 Å². The first-order chi connectivity index (χ1) is 17.2. The van der Waals surface area contributed by atoms with E-state index in [2.05, 4.69) is 26.9 Å². The Hall–Kier alpha value is -2.45. The number of pyridine rings is 1. The van der Waals surface area contributed by atoms with Gasteiger partial charge in [0.2, 0.25) is 0 Å². The number of fused-ring (bicyclic) bond motifs is 1. The maximum absolute atomic E-state index is 12.3. The normalized spacial score (nSPS) is 17.8. The van der Waals surface area contributed by atoms with Gasteiger partial charge in [-0.05, 0) is 55.5 Å². The molecule has 2 aliphatic rings. The van der Waals surface area contributed by atoms with E-state index in [0.717, 1.165) is 55.5 Å². The van der Waals surface area contributed by atoms with Crippen LogP contribution in [-0.2, 0) is 4.74 Å². The third kappa shape index (κ3) is 6.82. The summed E-state index contributed by atoms with van der Waals surface area (Å²) in [6, 6.07) is 9.76. The number of thioether (sulfide) groups is 1. The minimum Gasteiger partial charge on any atom is -0.497 e. The highest BCUT2D eigenvalue weighted by Gasteiger charge is 2.34. The number of nitrogens with zero attached hydrogens (tertiary/aromatic N) is 3. The summed E-state index contributed by atoms with van der Waals surface area (Å²) >= 11 is 1.94. The summed E-state index contributed by atoms with van der Waals surface area (Å²) in [5.74, 6) is 4.13. The number of esters is 1. The average Bonchev–Trinajstić information content (AvgIpc) is 3.23. The zero-order valence-corrected chi connectivity index (χ0v) is 21.7. The van der Waals surface area contributed by atoms with Gasteiger partial charge in [-0.2, -0.15) is 11.8 Å². The summed E-state index contributed by atoms with van der Waals surface area (Å²) in [7, 11) is 3.18. The Bertz CT molecular complexity index is 951. The smallest absolute Gasteiger partial charge is 0.342 e. The maximum Gasteiger partial charge on any atom is 0.342 e. The predicted octanol–water partition coefficient (Wildman–Crippen LogP) is 4.82. The number of aromatic nitrogens is 1. The number of piperazine rings is 1. The molecule has 2 aliphatic heterocycles. The summed E-state index contributed by atoms with van der Waals surface area (Å²) in [6.45, 7) is 5.57. The van der Waals surface area contributed by atoms with Gasteiger partial charge in [0.1, 0.15) is 29.0 Å². The van der Waals surface area contributed by atoms with Crippen LogP contribution in [0.4, 0.5) is 5.82 Å². The van der Waals surface area contributed by atoms with Crippen LogP contribution >= 0.6 is 11.8 Å². The van der Waals surface area contributed by atoms with E-state index in [1.54, 1.807) is 20.3 Å². The van der Waals surface area contributed by atoms with Crippen LogP contribution < -0.4 is 14.4 Å². The largest absolute Gasteiger partial charge is 0.497 e. The van der Waals surface area contributed by atoms with Crippen LogP contribution in [0, 0.1) is 0 Å². The molecule has 1 saturated heterocycles. The molecule has 0 N–H and O–H groups in total. The number of carbonyl (C=O) groups is 1. The number of ether oxygens (including phenoxy) is 3. The molecule has 1 fully saturated rings. The number of carbonyl (C=O) groups excluding carboxylic acids is 1. The van der Waals surface area contributed by atoms with Gasteiger partial charge in [-0.25, -0.2) is 9.78 Å². The second kappa shape index (κ2) is 13.0. The van der Waals surface area contributed by atoms with Crippen molar-refractivity contribution >= 4 is 23.5 Å². The van der Waals surface area contributed by atoms with E-state index in [-0.39, 0.29) is 12.1 Å². The van der Waals surface area contributed by atoms with Gasteiger partial charge in [0.05, 0.1) is 14.2 Å². The van der Waals surface area contributed by atoms with Gasteiger partial charge in [0.25, 0.3) is 0 Å². The van der Waals surface area contributed by atoms with Gasteiger partial charge in [0.15, 0.2) is 0 Å². The topological polar surface area (TPSA) is 64.1 Å². The molecule has 0 amide bonds. The van der Waals surface area contributed by atoms with E-state index in [9.17, 15) is 4.79 Å². The maximum atomic E-state index is 12.3. The van der Waals surface area contributed by atoms with Crippen LogP contribution in [0.1, 0.15) is 54.1 Å². The first-order valence-electron chi connectivity index (χ1n) is 12.6. The zero-order chi connectivity index (χ0) is 24.5. The Morgan fingerprint density at radius 1 is 1.03 bits per heavy atom. The van der Waals surface area contributed by atoms with Crippen molar-refractivity contribution in [1.82, 2.24) is 9.88 Å². The quantitative estimate of drug-likeness (QED) is 0.287. The van der Waals surface area contributed by atoms with Crippen molar-refractivity contribution in [2.24, 2.45) is 0 Å². The number of hydrogen-bond acceptors (Lipinski definition) is 8. The van der Waals surface area contributed by atoms with E-state index in [1.807, 2.05) is 30.1 Å². The highest BCUT2D eigenvalue weighted by Crippen LogP contribution is 2.41. The van der Waals surface area contributed by atoms with Gasteiger partial charge in [0, 0.05) is 44.0 Å². The van der Waals surface area contributed by atoms with Crippen molar-refractivity contribution in [3.63, 3.8) is 0 Å². The number of anilines is 1. The molecule has 7 nitrogen and oxygen atoms in total. The van der Waals surface area contributed by atoms with Gasteiger partial charge >= 0.3 is 5.97 Å². The average molecular weight is 500 g/mol. The Balaban J connectivity index is 1.06. The second-order valence-electron chi connectivity index (χ2n) is 9.02. The Morgan fingerprint density at radius 3 is 2.60 bits per heavy atom. The van der Waals surface area contributed by atoms with E-state index in [1.165, 1.54) is 32.2 Å². The molecule has 0 radical (unpaired) electrons. The lowest BCUT2D eigenvalue weighted by molar-refractivity contribution is 0.0379. The van der Waals surface area contributed by atoms with Crippen LogP contribution in [0.3, 0.4) is 0 Å². The minimum atomic E-state index is -0.298. The summed E-state index contributed by atoms with van der Waals surface area (Å²) in [4.78, 5) is 21.8. The Labute approximate surface area is 213 Å². The molecule has 0 aliphatic carbocycles. The molecule has 1 unspecified atom stereocenters. The zero-order valence-electron chi connectivity index (χ0n) is 20.9. The molecule has 190 valence electrons. The van der Waals surface area contributed by atoms with Crippen molar-refractivity contribution in [2.75, 3.05) is 63.3 Å². The summed E-state index contributed by atoms with van der Waals surface area (Å²) < 4.78 is 16.4. The lowest BCUT2D eigenvalue weighted by atomic mass is 10.0. The van der Waals surface area contributed by atoms with Crippen LogP contribution in [0.2, 0.25) is 0 Å². The molecular weight excluding hydrogens is 462 g/mol. The lowest BCUT2D eigenvalue weighted by Crippen LogP contribution is -2.46. The molecule has 35 heavy (non-hydrogen) atoms. The fourth-order valence-corrected chi connectivity index (χ4v) is 5.75. The highest BCUT2D eigenvalue weighted by atomic mass is 32.2. The minimum absolute atomic E-state index is 0.216. The fraction of sp³-hybridized carbons (Fsp3) is 0.556. The molecule has 4 rings (SSSR count). The lowest BCUT2D eigenvalue weighted by Gasteiger charge is -2.35. The van der Waals surface area contributed by atoms with Gasteiger partial charge in [-0.1, -0.05) is 18.9 Å². The van der Waals surface area contributed by atoms with Gasteiger partial charge in [-0.3, -0.25) is 4.90 Å². The third-order valence-corrected chi connectivity index (χ3v) is 7.85. The number of unbranched alkanes of at least 4 members (excludes halogenated alkanes) is 3. The summed E-state index contributed by atoms with van der Waals surface area (Å²) in [6.07, 6.45) is 7.53. The van der Waals surface area contributed by atoms with E-state index >= 15 is 0 Å². The van der Waals surface area contributed by atoms with Crippen molar-refractivity contribution in [3.05, 3.63) is 47.7 Å². The molecule has 1 aromatic carbocycles. The Morgan fingerprint density at radius 2 is 1.86 bits per heavy atom. The monoisotopic (exact) mass is 499 g/mol. The molecular formula is C27H37N3O4S. The first-order valence-corrected chi connectivity index (χ1v) is 13.8. The van der Waals surface area contributed by atoms with Crippen LogP contribution in [0.5, 0.6) is 11.5 Å². The number of rotatable bonds is 13. The molecule has 0 spiro atoms. The SMILES string of the molecule is COc1cc(OC)c2c(c1)C(CCSCCCCCCN1CCN(c3ccccn3)CC1)OC2=O. The molecule has 3 heterocycles. The van der Waals surface area contributed by atoms with Crippen molar-refractivity contribution in [3.8, 4) is 11.5 Å². The summed E-state index contributed by atoms with van der Waals surface area (Å²) in [5.41, 5.74) is 1.43. The second-order valence-corrected chi connectivity index (χ2v) is 10.2. The number of cyclic esters (lactones) is 1. The van der Waals surface area contributed by atoms with Crippen LogP contribution in [0.15, 0.2) is 36.5 Å². The van der Waals surface area contributed by atoms with E-state index in [0.29, 0.717) is 17.1 Å². The number of benzene rings is 1. The standard InChI is InChI=1S/C27H37N3O4S/c1-32-21-19-22-23(34-27(31)26(22)24(20-21)33-2)10-18-35-17-8-4-3-7-12-29-13-15-30(16-14-29)25-9-5-6-11-28-25/h5-6,9,11,19-20,23H,3-4,7-8,10,12-18H2,1-2H3.